The summed E-state index contributed by atoms with van der Waals surface area (Å²) in [6, 6.07) is 0. The van der Waals surface area contributed by atoms with Crippen LogP contribution in [0.25, 0.3) is 0 Å². The molecule has 2 rings (SSSR count). The number of ether oxygens (including phenoxy) is 3. The molecule has 2 heterocycles. The van der Waals surface area contributed by atoms with Crippen LogP contribution in [0.3, 0.4) is 0 Å². The lowest BCUT2D eigenvalue weighted by Gasteiger charge is -2.10. The molecule has 3 atom stereocenters. The Bertz CT molecular complexity index is 159. The van der Waals surface area contributed by atoms with Crippen molar-refractivity contribution in [2.24, 2.45) is 5.92 Å². The summed E-state index contributed by atoms with van der Waals surface area (Å²) >= 11 is 0. The smallest absolute Gasteiger partial charge is 0.417 e. The highest BCUT2D eigenvalue weighted by Crippen LogP contribution is 2.32. The molecule has 61 valence electrons. The Labute approximate surface area is 64.4 Å². The largest absolute Gasteiger partial charge is 0.451 e. The zero-order valence-corrected chi connectivity index (χ0v) is 5.99. The van der Waals surface area contributed by atoms with Gasteiger partial charge in [0, 0.05) is 0 Å². The van der Waals surface area contributed by atoms with E-state index in [4.69, 9.17) is 14.2 Å². The van der Waals surface area contributed by atoms with E-state index in [1.807, 2.05) is 0 Å². The molecule has 0 aliphatic carbocycles. The van der Waals surface area contributed by atoms with Gasteiger partial charge in [0.1, 0.15) is 6.10 Å². The zero-order valence-electron chi connectivity index (χ0n) is 5.99. The van der Waals surface area contributed by atoms with Gasteiger partial charge in [-0.2, -0.15) is 0 Å². The van der Waals surface area contributed by atoms with E-state index in [1.165, 1.54) is 6.47 Å². The number of hydrogen-bond donors (Lipinski definition) is 0. The van der Waals surface area contributed by atoms with Crippen LogP contribution in [0.4, 0.5) is 0 Å². The van der Waals surface area contributed by atoms with E-state index in [0.29, 0.717) is 13.2 Å². The fraction of sp³-hybridized carbons (Fsp3) is 0.857. The molecule has 4 nitrogen and oxygen atoms in total. The third-order valence-electron chi connectivity index (χ3n) is 2.18. The molecule has 0 aromatic heterocycles. The van der Waals surface area contributed by atoms with Crippen LogP contribution in [-0.2, 0) is 19.0 Å². The first-order valence-corrected chi connectivity index (χ1v) is 3.68. The molecule has 0 aromatic carbocycles. The second kappa shape index (κ2) is 2.79. The van der Waals surface area contributed by atoms with Crippen LogP contribution in [0.15, 0.2) is 0 Å². The summed E-state index contributed by atoms with van der Waals surface area (Å²) in [5.41, 5.74) is 0. The van der Waals surface area contributed by atoms with Crippen LogP contribution < -0.4 is 0 Å². The summed E-state index contributed by atoms with van der Waals surface area (Å²) in [6.45, 7) is 2.59. The van der Waals surface area contributed by atoms with Gasteiger partial charge in [-0.25, -0.2) is 4.79 Å². The quantitative estimate of drug-likeness (QED) is 0.558. The van der Waals surface area contributed by atoms with Crippen molar-refractivity contribution in [2.75, 3.05) is 13.2 Å². The van der Waals surface area contributed by atoms with E-state index >= 15 is 0 Å². The van der Waals surface area contributed by atoms with Gasteiger partial charge in [0.25, 0.3) is 0 Å². The lowest BCUT2D eigenvalue weighted by atomic mass is 10.0. The third-order valence-corrected chi connectivity index (χ3v) is 2.18. The molecule has 2 fully saturated rings. The predicted octanol–water partition coefficient (Wildman–Crippen LogP) is -0.168. The first-order valence-electron chi connectivity index (χ1n) is 3.68. The van der Waals surface area contributed by atoms with Crippen molar-refractivity contribution < 1.29 is 19.0 Å². The molecular weight excluding hydrogens is 148 g/mol. The van der Waals surface area contributed by atoms with Crippen molar-refractivity contribution in [3.63, 3.8) is 0 Å². The van der Waals surface area contributed by atoms with Crippen LogP contribution >= 0.6 is 0 Å². The Kier molecular flexibility index (Phi) is 1.79. The Morgan fingerprint density at radius 2 is 2.36 bits per heavy atom. The fourth-order valence-electron chi connectivity index (χ4n) is 1.61. The minimum atomic E-state index is -0.145. The minimum Gasteiger partial charge on any atom is -0.451 e. The first-order chi connectivity index (χ1) is 5.42. The molecule has 0 bridgehead atoms. The topological polar surface area (TPSA) is 44.8 Å². The second-order valence-electron chi connectivity index (χ2n) is 2.76. The van der Waals surface area contributed by atoms with Gasteiger partial charge < -0.3 is 14.2 Å². The highest BCUT2D eigenvalue weighted by molar-refractivity contribution is 5.38. The fourth-order valence-corrected chi connectivity index (χ4v) is 1.61. The maximum absolute atomic E-state index is 9.91. The van der Waals surface area contributed by atoms with Crippen molar-refractivity contribution in [3.05, 3.63) is 0 Å². The summed E-state index contributed by atoms with van der Waals surface area (Å²) < 4.78 is 15.1. The number of fused-ring (bicyclic) bond motifs is 1. The zero-order chi connectivity index (χ0) is 7.68. The molecular formula is C7H9O4. The summed E-state index contributed by atoms with van der Waals surface area (Å²) in [5.74, 6) is 0.233. The second-order valence-corrected chi connectivity index (χ2v) is 2.76. The van der Waals surface area contributed by atoms with Crippen LogP contribution in [0.1, 0.15) is 6.42 Å². The highest BCUT2D eigenvalue weighted by Gasteiger charge is 2.42. The summed E-state index contributed by atoms with van der Waals surface area (Å²) in [6.07, 6.45) is 0.630. The molecule has 2 aliphatic heterocycles. The van der Waals surface area contributed by atoms with E-state index < -0.39 is 0 Å². The predicted molar refractivity (Wildman–Crippen MR) is 34.4 cm³/mol. The van der Waals surface area contributed by atoms with E-state index in [2.05, 4.69) is 0 Å². The molecule has 3 unspecified atom stereocenters. The molecule has 0 aromatic rings. The Balaban J connectivity index is 1.97. The monoisotopic (exact) mass is 157 g/mol. The number of hydrogen-bond acceptors (Lipinski definition) is 4. The normalized spacial score (nSPS) is 42.0. The van der Waals surface area contributed by atoms with E-state index in [1.54, 1.807) is 0 Å². The molecule has 0 spiro atoms. The molecule has 4 heteroatoms. The van der Waals surface area contributed by atoms with Gasteiger partial charge in [-0.05, 0) is 6.42 Å². The Morgan fingerprint density at radius 3 is 3.18 bits per heavy atom. The SMILES string of the molecule is O=[C]OC1COC2OCCC12. The lowest BCUT2D eigenvalue weighted by Crippen LogP contribution is -2.22. The van der Waals surface area contributed by atoms with Gasteiger partial charge in [-0.15, -0.1) is 0 Å². The van der Waals surface area contributed by atoms with Crippen molar-refractivity contribution in [3.8, 4) is 0 Å². The molecule has 0 amide bonds. The summed E-state index contributed by atoms with van der Waals surface area (Å²) in [5, 5.41) is 0. The van der Waals surface area contributed by atoms with Crippen molar-refractivity contribution in [1.82, 2.24) is 0 Å². The molecule has 2 aliphatic rings. The van der Waals surface area contributed by atoms with Gasteiger partial charge in [0.15, 0.2) is 6.29 Å². The van der Waals surface area contributed by atoms with Crippen molar-refractivity contribution in [2.45, 2.75) is 18.8 Å². The summed E-state index contributed by atoms with van der Waals surface area (Å²) in [4.78, 5) is 9.91. The minimum absolute atomic E-state index is 0.139. The maximum Gasteiger partial charge on any atom is 0.417 e. The molecule has 11 heavy (non-hydrogen) atoms. The molecule has 2 saturated heterocycles. The standard InChI is InChI=1S/C7H9O4/c8-4-11-6-3-10-7-5(6)1-2-9-7/h5-7H,1-3H2. The maximum atomic E-state index is 9.91. The van der Waals surface area contributed by atoms with Gasteiger partial charge in [-0.1, -0.05) is 0 Å². The molecule has 0 N–H and O–H groups in total. The van der Waals surface area contributed by atoms with Crippen LogP contribution in [0.5, 0.6) is 0 Å². The van der Waals surface area contributed by atoms with Gasteiger partial charge in [-0.3, -0.25) is 0 Å². The number of carbonyl (C=O) groups excluding carboxylic acids is 1. The molecule has 0 saturated carbocycles. The van der Waals surface area contributed by atoms with Crippen molar-refractivity contribution in [1.29, 1.82) is 0 Å². The van der Waals surface area contributed by atoms with E-state index in [0.717, 1.165) is 6.42 Å². The lowest BCUT2D eigenvalue weighted by molar-refractivity contribution is -0.0906. The Morgan fingerprint density at radius 1 is 1.45 bits per heavy atom. The van der Waals surface area contributed by atoms with E-state index in [9.17, 15) is 4.79 Å². The molecule has 1 radical (unpaired) electrons. The highest BCUT2D eigenvalue weighted by atomic mass is 16.7. The van der Waals surface area contributed by atoms with Crippen LogP contribution in [0, 0.1) is 5.92 Å². The van der Waals surface area contributed by atoms with Crippen LogP contribution in [0.2, 0.25) is 0 Å². The van der Waals surface area contributed by atoms with E-state index in [-0.39, 0.29) is 18.3 Å². The van der Waals surface area contributed by atoms with Gasteiger partial charge >= 0.3 is 6.47 Å². The first kappa shape index (κ1) is 7.06. The Hall–Kier alpha value is -0.610. The van der Waals surface area contributed by atoms with Crippen molar-refractivity contribution >= 4 is 6.47 Å². The summed E-state index contributed by atoms with van der Waals surface area (Å²) in [7, 11) is 0. The van der Waals surface area contributed by atoms with Gasteiger partial charge in [0.05, 0.1) is 19.1 Å². The van der Waals surface area contributed by atoms with Crippen LogP contribution in [-0.4, -0.2) is 32.1 Å². The third kappa shape index (κ3) is 1.12. The average Bonchev–Trinajstić information content (AvgIpc) is 2.53. The number of rotatable bonds is 2. The van der Waals surface area contributed by atoms with Gasteiger partial charge in [0.2, 0.25) is 0 Å². The average molecular weight is 157 g/mol.